The van der Waals surface area contributed by atoms with Gasteiger partial charge in [0.05, 0.1) is 0 Å². The van der Waals surface area contributed by atoms with Crippen molar-refractivity contribution in [3.63, 3.8) is 0 Å². The van der Waals surface area contributed by atoms with Crippen LogP contribution in [0.3, 0.4) is 0 Å². The predicted octanol–water partition coefficient (Wildman–Crippen LogP) is 3.13. The highest BCUT2D eigenvalue weighted by Gasteiger charge is 2.64. The Kier molecular flexibility index (Phi) is 3.81. The van der Waals surface area contributed by atoms with Gasteiger partial charge < -0.3 is 5.32 Å². The van der Waals surface area contributed by atoms with Gasteiger partial charge in [-0.3, -0.25) is 4.90 Å². The van der Waals surface area contributed by atoms with Crippen LogP contribution in [0.5, 0.6) is 0 Å². The van der Waals surface area contributed by atoms with Gasteiger partial charge in [-0.2, -0.15) is 0 Å². The number of hydrogen-bond donors (Lipinski definition) is 1. The molecule has 1 N–H and O–H groups in total. The second-order valence-corrected chi connectivity index (χ2v) is 7.53. The number of nitrogens with one attached hydrogen (secondary N) is 1. The summed E-state index contributed by atoms with van der Waals surface area (Å²) in [6.07, 6.45) is 2.53. The van der Waals surface area contributed by atoms with Crippen molar-refractivity contribution in [1.82, 2.24) is 10.2 Å². The summed E-state index contributed by atoms with van der Waals surface area (Å²) >= 11 is 0. The van der Waals surface area contributed by atoms with E-state index in [1.54, 1.807) is 0 Å². The Hall–Kier alpha value is -0.0800. The Morgan fingerprint density at radius 1 is 1.06 bits per heavy atom. The number of hydrogen-bond acceptors (Lipinski definition) is 2. The van der Waals surface area contributed by atoms with Crippen LogP contribution in [0.25, 0.3) is 0 Å². The van der Waals surface area contributed by atoms with Crippen molar-refractivity contribution < 1.29 is 0 Å². The van der Waals surface area contributed by atoms with Crippen molar-refractivity contribution in [3.05, 3.63) is 0 Å². The minimum atomic E-state index is 0.526. The van der Waals surface area contributed by atoms with E-state index in [0.29, 0.717) is 16.9 Å². The fourth-order valence-corrected chi connectivity index (χ4v) is 3.85. The smallest absolute Gasteiger partial charge is 0.0218 e. The lowest BCUT2D eigenvalue weighted by Gasteiger charge is -2.40. The van der Waals surface area contributed by atoms with Crippen LogP contribution < -0.4 is 5.32 Å². The monoisotopic (exact) mass is 252 g/mol. The van der Waals surface area contributed by atoms with Gasteiger partial charge in [0.1, 0.15) is 0 Å². The molecule has 106 valence electrons. The molecule has 2 aliphatic rings. The van der Waals surface area contributed by atoms with Gasteiger partial charge in [-0.05, 0) is 29.6 Å². The van der Waals surface area contributed by atoms with E-state index in [0.717, 1.165) is 12.0 Å². The molecule has 1 aliphatic carbocycles. The molecule has 0 amide bonds. The maximum absolute atomic E-state index is 3.69. The summed E-state index contributed by atoms with van der Waals surface area (Å²) in [5.41, 5.74) is 1.05. The van der Waals surface area contributed by atoms with Crippen molar-refractivity contribution in [3.8, 4) is 0 Å². The fraction of sp³-hybridized carbons (Fsp3) is 1.00. The van der Waals surface area contributed by atoms with Crippen LogP contribution in [0.2, 0.25) is 0 Å². The zero-order chi connectivity index (χ0) is 13.6. The average Bonchev–Trinajstić information content (AvgIpc) is 2.71. The third-order valence-electron chi connectivity index (χ3n) is 6.31. The molecule has 1 aliphatic heterocycles. The maximum Gasteiger partial charge on any atom is 0.0218 e. The third kappa shape index (κ3) is 2.22. The number of piperazine rings is 1. The van der Waals surface area contributed by atoms with Crippen LogP contribution in [-0.2, 0) is 0 Å². The lowest BCUT2D eigenvalue weighted by molar-refractivity contribution is 0.112. The maximum atomic E-state index is 3.69. The van der Waals surface area contributed by atoms with E-state index in [1.807, 2.05) is 0 Å². The van der Waals surface area contributed by atoms with Gasteiger partial charge in [0.25, 0.3) is 0 Å². The molecule has 0 radical (unpaired) electrons. The SMILES string of the molecule is CCC1CN(CC2C(C)(C)C2(C)C)C(CC)CN1. The molecule has 1 saturated carbocycles. The zero-order valence-corrected chi connectivity index (χ0v) is 13.2. The zero-order valence-electron chi connectivity index (χ0n) is 13.2. The van der Waals surface area contributed by atoms with Gasteiger partial charge in [-0.15, -0.1) is 0 Å². The van der Waals surface area contributed by atoms with E-state index >= 15 is 0 Å². The molecule has 0 aromatic carbocycles. The number of nitrogens with zero attached hydrogens (tertiary/aromatic N) is 1. The topological polar surface area (TPSA) is 15.3 Å². The Balaban J connectivity index is 1.98. The standard InChI is InChI=1S/C16H32N2/c1-7-12-10-18(13(8-2)9-17-12)11-14-15(3,4)16(14,5)6/h12-14,17H,7-11H2,1-6H3. The van der Waals surface area contributed by atoms with Gasteiger partial charge in [0.2, 0.25) is 0 Å². The van der Waals surface area contributed by atoms with Crippen LogP contribution in [-0.4, -0.2) is 36.6 Å². The van der Waals surface area contributed by atoms with E-state index in [-0.39, 0.29) is 0 Å². The van der Waals surface area contributed by atoms with Crippen molar-refractivity contribution in [1.29, 1.82) is 0 Å². The summed E-state index contributed by atoms with van der Waals surface area (Å²) in [7, 11) is 0. The van der Waals surface area contributed by atoms with Crippen LogP contribution in [0.15, 0.2) is 0 Å². The predicted molar refractivity (Wildman–Crippen MR) is 78.8 cm³/mol. The normalized spacial score (nSPS) is 35.7. The molecule has 18 heavy (non-hydrogen) atoms. The Morgan fingerprint density at radius 3 is 2.11 bits per heavy atom. The van der Waals surface area contributed by atoms with E-state index in [2.05, 4.69) is 51.8 Å². The Labute approximate surface area is 114 Å². The molecular formula is C16H32N2. The molecule has 2 atom stereocenters. The first-order chi connectivity index (χ1) is 8.34. The molecule has 1 saturated heterocycles. The van der Waals surface area contributed by atoms with Gasteiger partial charge in [-0.1, -0.05) is 41.5 Å². The van der Waals surface area contributed by atoms with Crippen LogP contribution in [0.1, 0.15) is 54.4 Å². The summed E-state index contributed by atoms with van der Waals surface area (Å²) < 4.78 is 0. The van der Waals surface area contributed by atoms with Crippen LogP contribution in [0, 0.1) is 16.7 Å². The quantitative estimate of drug-likeness (QED) is 0.827. The first kappa shape index (κ1) is 14.3. The van der Waals surface area contributed by atoms with Gasteiger partial charge in [0.15, 0.2) is 0 Å². The third-order valence-corrected chi connectivity index (χ3v) is 6.31. The van der Waals surface area contributed by atoms with E-state index < -0.39 is 0 Å². The lowest BCUT2D eigenvalue weighted by atomic mass is 10.0. The summed E-state index contributed by atoms with van der Waals surface area (Å²) in [6.45, 7) is 18.1. The summed E-state index contributed by atoms with van der Waals surface area (Å²) in [5.74, 6) is 0.870. The van der Waals surface area contributed by atoms with Crippen LogP contribution in [0.4, 0.5) is 0 Å². The molecular weight excluding hydrogens is 220 g/mol. The van der Waals surface area contributed by atoms with Crippen LogP contribution >= 0.6 is 0 Å². The summed E-state index contributed by atoms with van der Waals surface area (Å²) in [6, 6.07) is 1.46. The van der Waals surface area contributed by atoms with Crippen molar-refractivity contribution in [2.75, 3.05) is 19.6 Å². The highest BCUT2D eigenvalue weighted by molar-refractivity contribution is 5.13. The molecule has 2 heteroatoms. The largest absolute Gasteiger partial charge is 0.311 e. The van der Waals surface area contributed by atoms with Gasteiger partial charge in [0, 0.05) is 31.7 Å². The van der Waals surface area contributed by atoms with Crippen molar-refractivity contribution in [2.45, 2.75) is 66.5 Å². The minimum Gasteiger partial charge on any atom is -0.311 e. The van der Waals surface area contributed by atoms with Gasteiger partial charge in [-0.25, -0.2) is 0 Å². The molecule has 0 aromatic rings. The van der Waals surface area contributed by atoms with Crippen molar-refractivity contribution >= 4 is 0 Å². The molecule has 2 fully saturated rings. The molecule has 0 spiro atoms. The summed E-state index contributed by atoms with van der Waals surface area (Å²) in [5, 5.41) is 3.69. The Morgan fingerprint density at radius 2 is 1.67 bits per heavy atom. The van der Waals surface area contributed by atoms with Gasteiger partial charge >= 0.3 is 0 Å². The molecule has 1 heterocycles. The second kappa shape index (κ2) is 4.79. The van der Waals surface area contributed by atoms with E-state index in [1.165, 1.54) is 32.5 Å². The molecule has 2 nitrogen and oxygen atoms in total. The summed E-state index contributed by atoms with van der Waals surface area (Å²) in [4.78, 5) is 2.77. The first-order valence-corrected chi connectivity index (χ1v) is 7.82. The van der Waals surface area contributed by atoms with Crippen molar-refractivity contribution in [2.24, 2.45) is 16.7 Å². The fourth-order valence-electron chi connectivity index (χ4n) is 3.85. The average molecular weight is 252 g/mol. The molecule has 2 unspecified atom stereocenters. The number of rotatable bonds is 4. The molecule has 2 rings (SSSR count). The lowest BCUT2D eigenvalue weighted by Crippen LogP contribution is -2.56. The highest BCUT2D eigenvalue weighted by Crippen LogP contribution is 2.68. The van der Waals surface area contributed by atoms with E-state index in [4.69, 9.17) is 0 Å². The molecule has 0 bridgehead atoms. The first-order valence-electron chi connectivity index (χ1n) is 7.82. The Bertz CT molecular complexity index is 281. The minimum absolute atomic E-state index is 0.526. The molecule has 0 aromatic heterocycles. The second-order valence-electron chi connectivity index (χ2n) is 7.53. The van der Waals surface area contributed by atoms with E-state index in [9.17, 15) is 0 Å². The highest BCUT2D eigenvalue weighted by atomic mass is 15.2.